The van der Waals surface area contributed by atoms with E-state index in [1.165, 1.54) is 32.3 Å². The standard InChI is InChI=1S/C10H10F2N2O3S.C6H7NO2S/c1-14(2)18(15,16)9-5-3-4-8(7(9)6-13)17-10(11)12;7-10(8,9)6-4-2-1-3-5-6/h3-5,10H,1-2H3;1-5H,(H2,7,8,9). The maximum absolute atomic E-state index is 12.1. The Morgan fingerprint density at radius 1 is 1.04 bits per heavy atom. The number of nitriles is 1. The number of nitrogens with two attached hydrogens (primary N) is 1. The SMILES string of the molecule is CN(C)S(=O)(=O)c1cccc(OC(F)F)c1C#N.NS(=O)(=O)c1ccccc1. The zero-order chi connectivity index (χ0) is 21.5. The van der Waals surface area contributed by atoms with Crippen molar-refractivity contribution >= 4 is 20.0 Å². The van der Waals surface area contributed by atoms with Gasteiger partial charge < -0.3 is 4.74 Å². The van der Waals surface area contributed by atoms with Gasteiger partial charge in [0.05, 0.1) is 4.90 Å². The number of sulfonamides is 2. The molecule has 2 rings (SSSR count). The Bertz CT molecular complexity index is 1050. The normalized spacial score (nSPS) is 11.5. The minimum Gasteiger partial charge on any atom is -0.433 e. The second kappa shape index (κ2) is 9.56. The minimum absolute atomic E-state index is 0.148. The fourth-order valence-corrected chi connectivity index (χ4v) is 3.42. The number of rotatable bonds is 5. The third-order valence-electron chi connectivity index (χ3n) is 3.15. The molecular formula is C16H17F2N3O5S2. The van der Waals surface area contributed by atoms with Gasteiger partial charge in [-0.25, -0.2) is 26.3 Å². The first-order valence-electron chi connectivity index (χ1n) is 7.39. The van der Waals surface area contributed by atoms with E-state index in [2.05, 4.69) is 4.74 Å². The van der Waals surface area contributed by atoms with Gasteiger partial charge in [-0.15, -0.1) is 0 Å². The Kier molecular flexibility index (Phi) is 8.01. The van der Waals surface area contributed by atoms with Crippen LogP contribution in [0.2, 0.25) is 0 Å². The van der Waals surface area contributed by atoms with Crippen LogP contribution >= 0.6 is 0 Å². The van der Waals surface area contributed by atoms with Crippen molar-refractivity contribution in [1.29, 1.82) is 5.26 Å². The summed E-state index contributed by atoms with van der Waals surface area (Å²) < 4.78 is 74.2. The van der Waals surface area contributed by atoms with Gasteiger partial charge in [0.15, 0.2) is 0 Å². The smallest absolute Gasteiger partial charge is 0.387 e. The summed E-state index contributed by atoms with van der Waals surface area (Å²) in [6, 6.07) is 13.0. The van der Waals surface area contributed by atoms with E-state index in [1.807, 2.05) is 0 Å². The van der Waals surface area contributed by atoms with Gasteiger partial charge in [0.25, 0.3) is 0 Å². The van der Waals surface area contributed by atoms with Gasteiger partial charge in [-0.1, -0.05) is 24.3 Å². The Balaban J connectivity index is 0.000000330. The molecule has 0 heterocycles. The highest BCUT2D eigenvalue weighted by atomic mass is 32.2. The summed E-state index contributed by atoms with van der Waals surface area (Å²) in [5.74, 6) is -0.463. The summed E-state index contributed by atoms with van der Waals surface area (Å²) >= 11 is 0. The Morgan fingerprint density at radius 3 is 2.00 bits per heavy atom. The van der Waals surface area contributed by atoms with Gasteiger partial charge in [0, 0.05) is 14.1 Å². The zero-order valence-electron chi connectivity index (χ0n) is 14.8. The van der Waals surface area contributed by atoms with E-state index in [4.69, 9.17) is 10.4 Å². The molecule has 0 aliphatic carbocycles. The van der Waals surface area contributed by atoms with E-state index in [9.17, 15) is 25.6 Å². The molecule has 152 valence electrons. The fraction of sp³-hybridized carbons (Fsp3) is 0.188. The predicted octanol–water partition coefficient (Wildman–Crippen LogP) is 1.74. The van der Waals surface area contributed by atoms with Crippen LogP contribution in [0.3, 0.4) is 0 Å². The number of hydrogen-bond acceptors (Lipinski definition) is 6. The number of hydrogen-bond donors (Lipinski definition) is 1. The molecule has 0 aliphatic rings. The summed E-state index contributed by atoms with van der Waals surface area (Å²) in [6.07, 6.45) is 0. The highest BCUT2D eigenvalue weighted by Crippen LogP contribution is 2.27. The van der Waals surface area contributed by atoms with Crippen molar-refractivity contribution in [3.63, 3.8) is 0 Å². The van der Waals surface area contributed by atoms with Crippen molar-refractivity contribution in [2.75, 3.05) is 14.1 Å². The van der Waals surface area contributed by atoms with Crippen LogP contribution in [-0.4, -0.2) is 41.8 Å². The van der Waals surface area contributed by atoms with Crippen LogP contribution in [0.5, 0.6) is 5.75 Å². The van der Waals surface area contributed by atoms with E-state index < -0.39 is 38.0 Å². The molecule has 12 heteroatoms. The lowest BCUT2D eigenvalue weighted by Crippen LogP contribution is -2.23. The molecule has 0 saturated heterocycles. The van der Waals surface area contributed by atoms with Gasteiger partial charge >= 0.3 is 6.61 Å². The zero-order valence-corrected chi connectivity index (χ0v) is 16.4. The molecule has 2 aromatic rings. The van der Waals surface area contributed by atoms with E-state index in [1.54, 1.807) is 24.3 Å². The molecule has 8 nitrogen and oxygen atoms in total. The second-order valence-corrected chi connectivity index (χ2v) is 8.95. The number of alkyl halides is 2. The molecule has 0 atom stereocenters. The molecule has 0 aliphatic heterocycles. The van der Waals surface area contributed by atoms with Crippen LogP contribution in [0.15, 0.2) is 58.3 Å². The van der Waals surface area contributed by atoms with Crippen molar-refractivity contribution in [2.24, 2.45) is 5.14 Å². The van der Waals surface area contributed by atoms with Crippen molar-refractivity contribution in [2.45, 2.75) is 16.4 Å². The Labute approximate surface area is 161 Å². The van der Waals surface area contributed by atoms with Gasteiger partial charge in [-0.05, 0) is 24.3 Å². The third kappa shape index (κ3) is 6.24. The monoisotopic (exact) mass is 433 g/mol. The molecule has 28 heavy (non-hydrogen) atoms. The number of nitrogens with zero attached hydrogens (tertiary/aromatic N) is 2. The quantitative estimate of drug-likeness (QED) is 0.764. The van der Waals surface area contributed by atoms with Crippen LogP contribution in [-0.2, 0) is 20.0 Å². The average Bonchev–Trinajstić information content (AvgIpc) is 2.61. The lowest BCUT2D eigenvalue weighted by Gasteiger charge is -2.14. The molecule has 0 unspecified atom stereocenters. The van der Waals surface area contributed by atoms with Crippen LogP contribution in [0.4, 0.5) is 8.78 Å². The lowest BCUT2D eigenvalue weighted by atomic mass is 10.2. The molecule has 0 bridgehead atoms. The van der Waals surface area contributed by atoms with Gasteiger partial charge in [0.2, 0.25) is 20.0 Å². The minimum atomic E-state index is -3.89. The van der Waals surface area contributed by atoms with E-state index in [0.717, 1.165) is 16.4 Å². The largest absolute Gasteiger partial charge is 0.433 e. The summed E-state index contributed by atoms with van der Waals surface area (Å²) in [5.41, 5.74) is -0.438. The second-order valence-electron chi connectivity index (χ2n) is 5.27. The molecule has 0 fully saturated rings. The molecular weight excluding hydrogens is 416 g/mol. The predicted molar refractivity (Wildman–Crippen MR) is 96.5 cm³/mol. The summed E-state index contributed by atoms with van der Waals surface area (Å²) in [7, 11) is -4.84. The number of ether oxygens (including phenoxy) is 1. The topological polar surface area (TPSA) is 131 Å². The van der Waals surface area contributed by atoms with E-state index in [-0.39, 0.29) is 9.79 Å². The van der Waals surface area contributed by atoms with Gasteiger partial charge in [-0.3, -0.25) is 0 Å². The molecule has 0 amide bonds. The molecule has 0 saturated carbocycles. The third-order valence-corrected chi connectivity index (χ3v) is 5.93. The number of benzene rings is 2. The van der Waals surface area contributed by atoms with Crippen LogP contribution in [0.25, 0.3) is 0 Å². The van der Waals surface area contributed by atoms with Crippen molar-refractivity contribution in [3.05, 3.63) is 54.1 Å². The maximum atomic E-state index is 12.1. The first-order chi connectivity index (χ1) is 12.9. The fourth-order valence-electron chi connectivity index (χ4n) is 1.84. The molecule has 2 N–H and O–H groups in total. The number of halogens is 2. The van der Waals surface area contributed by atoms with Gasteiger partial charge in [0.1, 0.15) is 22.3 Å². The number of primary sulfonamides is 1. The van der Waals surface area contributed by atoms with Crippen LogP contribution in [0.1, 0.15) is 5.56 Å². The lowest BCUT2D eigenvalue weighted by molar-refractivity contribution is -0.0502. The molecule has 0 radical (unpaired) electrons. The van der Waals surface area contributed by atoms with Crippen LogP contribution < -0.4 is 9.88 Å². The first-order valence-corrected chi connectivity index (χ1v) is 10.4. The summed E-state index contributed by atoms with van der Waals surface area (Å²) in [5, 5.41) is 13.7. The van der Waals surface area contributed by atoms with Crippen molar-refractivity contribution in [3.8, 4) is 11.8 Å². The highest BCUT2D eigenvalue weighted by molar-refractivity contribution is 7.89. The first kappa shape index (κ1) is 23.4. The molecule has 0 spiro atoms. The van der Waals surface area contributed by atoms with E-state index in [0.29, 0.717) is 0 Å². The van der Waals surface area contributed by atoms with E-state index >= 15 is 0 Å². The average molecular weight is 433 g/mol. The van der Waals surface area contributed by atoms with Crippen LogP contribution in [0, 0.1) is 11.3 Å². The summed E-state index contributed by atoms with van der Waals surface area (Å²) in [4.78, 5) is -0.219. The maximum Gasteiger partial charge on any atom is 0.387 e. The molecule has 0 aromatic heterocycles. The van der Waals surface area contributed by atoms with Crippen molar-refractivity contribution < 1.29 is 30.4 Å². The van der Waals surface area contributed by atoms with Crippen molar-refractivity contribution in [1.82, 2.24) is 4.31 Å². The summed E-state index contributed by atoms with van der Waals surface area (Å²) in [6.45, 7) is -3.13. The highest BCUT2D eigenvalue weighted by Gasteiger charge is 2.24. The molecule has 2 aromatic carbocycles. The Hall–Kier alpha value is -2.59. The van der Waals surface area contributed by atoms with Gasteiger partial charge in [-0.2, -0.15) is 14.0 Å². The Morgan fingerprint density at radius 2 is 1.61 bits per heavy atom.